The molecule has 176 valence electrons. The zero-order valence-electron chi connectivity index (χ0n) is 19.2. The molecule has 0 aliphatic carbocycles. The molecule has 0 saturated carbocycles. The molecule has 1 aliphatic rings. The molecule has 0 unspecified atom stereocenters. The molecule has 8 heteroatoms. The number of aromatic nitrogens is 1. The number of ether oxygens (including phenoxy) is 1. The summed E-state index contributed by atoms with van der Waals surface area (Å²) in [6.45, 7) is 9.26. The summed E-state index contributed by atoms with van der Waals surface area (Å²) in [5, 5.41) is 3.99. The molecule has 2 aromatic carbocycles. The largest absolute Gasteiger partial charge is 0.379 e. The van der Waals surface area contributed by atoms with Gasteiger partial charge in [-0.15, -0.1) is 0 Å². The molecule has 1 amide bonds. The number of nitrogens with zero attached hydrogens (tertiary/aromatic N) is 2. The van der Waals surface area contributed by atoms with E-state index in [1.54, 1.807) is 31.2 Å². The van der Waals surface area contributed by atoms with Crippen LogP contribution in [0.4, 0.5) is 0 Å². The Morgan fingerprint density at radius 2 is 1.76 bits per heavy atom. The lowest BCUT2D eigenvalue weighted by atomic mass is 10.1. The average Bonchev–Trinajstić information content (AvgIpc) is 3.19. The van der Waals surface area contributed by atoms with E-state index in [4.69, 9.17) is 4.74 Å². The van der Waals surface area contributed by atoms with Crippen LogP contribution in [0.15, 0.2) is 53.4 Å². The quantitative estimate of drug-likeness (QED) is 0.548. The van der Waals surface area contributed by atoms with Gasteiger partial charge in [0.15, 0.2) is 9.84 Å². The number of amides is 1. The molecule has 0 bridgehead atoms. The van der Waals surface area contributed by atoms with Gasteiger partial charge in [-0.1, -0.05) is 19.1 Å². The zero-order valence-corrected chi connectivity index (χ0v) is 20.0. The van der Waals surface area contributed by atoms with Crippen molar-refractivity contribution in [3.05, 3.63) is 65.4 Å². The first-order chi connectivity index (χ1) is 15.9. The van der Waals surface area contributed by atoms with Crippen LogP contribution >= 0.6 is 0 Å². The van der Waals surface area contributed by atoms with Gasteiger partial charge in [0.2, 0.25) is 0 Å². The first kappa shape index (κ1) is 23.5. The second-order valence-electron chi connectivity index (χ2n) is 8.27. The van der Waals surface area contributed by atoms with Crippen LogP contribution in [0.1, 0.15) is 35.5 Å². The number of hydrogen-bond acceptors (Lipinski definition) is 5. The molecule has 1 aliphatic heterocycles. The van der Waals surface area contributed by atoms with Gasteiger partial charge in [-0.05, 0) is 48.9 Å². The van der Waals surface area contributed by atoms with Crippen molar-refractivity contribution in [2.75, 3.05) is 32.1 Å². The van der Waals surface area contributed by atoms with Crippen LogP contribution in [-0.4, -0.2) is 55.8 Å². The van der Waals surface area contributed by atoms with Crippen LogP contribution in [0, 0.1) is 0 Å². The Bertz CT molecular complexity index is 1230. The summed E-state index contributed by atoms with van der Waals surface area (Å²) in [4.78, 5) is 15.5. The fourth-order valence-corrected chi connectivity index (χ4v) is 5.11. The summed E-state index contributed by atoms with van der Waals surface area (Å²) < 4.78 is 31.7. The van der Waals surface area contributed by atoms with E-state index in [0.717, 1.165) is 55.9 Å². The van der Waals surface area contributed by atoms with Crippen LogP contribution < -0.4 is 5.32 Å². The molecule has 0 spiro atoms. The number of rotatable bonds is 8. The van der Waals surface area contributed by atoms with Crippen LogP contribution in [0.25, 0.3) is 10.9 Å². The van der Waals surface area contributed by atoms with Gasteiger partial charge in [0.05, 0.1) is 23.9 Å². The summed E-state index contributed by atoms with van der Waals surface area (Å²) >= 11 is 0. The molecule has 1 saturated heterocycles. The van der Waals surface area contributed by atoms with Gasteiger partial charge >= 0.3 is 0 Å². The predicted molar refractivity (Wildman–Crippen MR) is 129 cm³/mol. The molecular weight excluding hydrogens is 438 g/mol. The molecular formula is C25H31N3O4S. The molecule has 0 atom stereocenters. The maximum Gasteiger partial charge on any atom is 0.251 e. The Kier molecular flexibility index (Phi) is 7.17. The highest BCUT2D eigenvalue weighted by molar-refractivity contribution is 7.91. The fourth-order valence-electron chi connectivity index (χ4n) is 4.23. The number of carbonyl (C=O) groups excluding carboxylic acids is 1. The number of fused-ring (bicyclic) bond motifs is 1. The van der Waals surface area contributed by atoms with Crippen molar-refractivity contribution in [3.8, 4) is 0 Å². The summed E-state index contributed by atoms with van der Waals surface area (Å²) in [6, 6.07) is 14.7. The van der Waals surface area contributed by atoms with Gasteiger partial charge in [0.1, 0.15) is 0 Å². The maximum absolute atomic E-state index is 12.8. The summed E-state index contributed by atoms with van der Waals surface area (Å²) in [7, 11) is -3.22. The number of morpholine rings is 1. The van der Waals surface area contributed by atoms with E-state index < -0.39 is 9.84 Å². The molecule has 7 nitrogen and oxygen atoms in total. The maximum atomic E-state index is 12.8. The standard InChI is InChI=1S/C25H31N3O4S/c1-3-28-22(18-27-11-13-32-14-12-27)16-21-15-20(7-10-24(21)28)25(29)26-17-19-5-8-23(9-6-19)33(30,31)4-2/h5-10,15-16H,3-4,11-14,17-18H2,1-2H3,(H,26,29). The Morgan fingerprint density at radius 1 is 1.03 bits per heavy atom. The third-order valence-electron chi connectivity index (χ3n) is 6.17. The van der Waals surface area contributed by atoms with Crippen LogP contribution in [0.3, 0.4) is 0 Å². The number of aryl methyl sites for hydroxylation is 1. The smallest absolute Gasteiger partial charge is 0.251 e. The third-order valence-corrected chi connectivity index (χ3v) is 7.92. The van der Waals surface area contributed by atoms with Crippen molar-refractivity contribution in [2.45, 2.75) is 38.4 Å². The lowest BCUT2D eigenvalue weighted by Crippen LogP contribution is -2.36. The first-order valence-electron chi connectivity index (χ1n) is 11.4. The molecule has 2 heterocycles. The Balaban J connectivity index is 1.46. The van der Waals surface area contributed by atoms with Crippen LogP contribution in [0.2, 0.25) is 0 Å². The average molecular weight is 470 g/mol. The number of benzene rings is 2. The van der Waals surface area contributed by atoms with Crippen LogP contribution in [0.5, 0.6) is 0 Å². The molecule has 1 N–H and O–H groups in total. The minimum atomic E-state index is -3.22. The summed E-state index contributed by atoms with van der Waals surface area (Å²) in [5.74, 6) is -0.0828. The zero-order chi connectivity index (χ0) is 23.4. The molecule has 4 rings (SSSR count). The Hall–Kier alpha value is -2.68. The van der Waals surface area contributed by atoms with Gasteiger partial charge in [0.25, 0.3) is 5.91 Å². The Morgan fingerprint density at radius 3 is 2.42 bits per heavy atom. The van der Waals surface area contributed by atoms with E-state index >= 15 is 0 Å². The fraction of sp³-hybridized carbons (Fsp3) is 0.400. The van der Waals surface area contributed by atoms with E-state index in [1.165, 1.54) is 5.69 Å². The minimum absolute atomic E-state index is 0.0689. The van der Waals surface area contributed by atoms with Crippen LogP contribution in [-0.2, 0) is 34.2 Å². The third kappa shape index (κ3) is 5.29. The first-order valence-corrected chi connectivity index (χ1v) is 13.1. The minimum Gasteiger partial charge on any atom is -0.379 e. The number of sulfone groups is 1. The number of carbonyl (C=O) groups is 1. The van der Waals surface area contributed by atoms with E-state index in [2.05, 4.69) is 27.8 Å². The van der Waals surface area contributed by atoms with Gasteiger partial charge in [-0.2, -0.15) is 0 Å². The topological polar surface area (TPSA) is 80.6 Å². The van der Waals surface area contributed by atoms with Gasteiger partial charge in [-0.25, -0.2) is 8.42 Å². The molecule has 1 aromatic heterocycles. The molecule has 0 radical (unpaired) electrons. The van der Waals surface area contributed by atoms with E-state index in [9.17, 15) is 13.2 Å². The second-order valence-corrected chi connectivity index (χ2v) is 10.6. The van der Waals surface area contributed by atoms with Gasteiger partial charge < -0.3 is 14.6 Å². The van der Waals surface area contributed by atoms with Crippen molar-refractivity contribution in [1.82, 2.24) is 14.8 Å². The highest BCUT2D eigenvalue weighted by Gasteiger charge is 2.16. The van der Waals surface area contributed by atoms with Gasteiger partial charge in [-0.3, -0.25) is 9.69 Å². The normalized spacial score (nSPS) is 15.1. The van der Waals surface area contributed by atoms with E-state index in [0.29, 0.717) is 17.0 Å². The molecule has 1 fully saturated rings. The van der Waals surface area contributed by atoms with Crippen molar-refractivity contribution in [3.63, 3.8) is 0 Å². The molecule has 3 aromatic rings. The van der Waals surface area contributed by atoms with Crippen molar-refractivity contribution >= 4 is 26.6 Å². The van der Waals surface area contributed by atoms with E-state index in [1.807, 2.05) is 18.2 Å². The van der Waals surface area contributed by atoms with Gasteiger partial charge in [0, 0.05) is 54.9 Å². The second kappa shape index (κ2) is 10.1. The van der Waals surface area contributed by atoms with Crippen molar-refractivity contribution in [2.24, 2.45) is 0 Å². The summed E-state index contributed by atoms with van der Waals surface area (Å²) in [6.07, 6.45) is 0. The highest BCUT2D eigenvalue weighted by atomic mass is 32.2. The monoisotopic (exact) mass is 469 g/mol. The van der Waals surface area contributed by atoms with Crippen molar-refractivity contribution < 1.29 is 17.9 Å². The van der Waals surface area contributed by atoms with E-state index in [-0.39, 0.29) is 11.7 Å². The molecule has 33 heavy (non-hydrogen) atoms. The number of nitrogens with one attached hydrogen (secondary N) is 1. The SMILES string of the molecule is CCn1c(CN2CCOCC2)cc2cc(C(=O)NCc3ccc(S(=O)(=O)CC)cc3)ccc21. The Labute approximate surface area is 195 Å². The summed E-state index contributed by atoms with van der Waals surface area (Å²) in [5.41, 5.74) is 3.84. The highest BCUT2D eigenvalue weighted by Crippen LogP contribution is 2.23. The lowest BCUT2D eigenvalue weighted by molar-refractivity contribution is 0.0332. The number of hydrogen-bond donors (Lipinski definition) is 1. The predicted octanol–water partition coefficient (Wildman–Crippen LogP) is 3.22. The van der Waals surface area contributed by atoms with Crippen molar-refractivity contribution in [1.29, 1.82) is 0 Å². The lowest BCUT2D eigenvalue weighted by Gasteiger charge is -2.26.